The van der Waals surface area contributed by atoms with E-state index in [0.717, 1.165) is 89.9 Å². The molecular weight excluding hydrogens is 880 g/mol. The zero-order valence-corrected chi connectivity index (χ0v) is 46.4. The molecule has 0 saturated heterocycles. The fourth-order valence-electron chi connectivity index (χ4n) is 7.79. The lowest BCUT2D eigenvalue weighted by atomic mass is 10.0. The maximum Gasteiger partial charge on any atom is 0.472 e. The van der Waals surface area contributed by atoms with Crippen molar-refractivity contribution in [1.82, 2.24) is 5.32 Å². The molecule has 0 bridgehead atoms. The number of amides is 1. The molecule has 0 aromatic carbocycles. The number of hydrogen-bond donors (Lipinski definition) is 2. The Kier molecular flexibility index (Phi) is 47.2. The van der Waals surface area contributed by atoms with Crippen molar-refractivity contribution >= 4 is 19.7 Å². The number of esters is 1. The third kappa shape index (κ3) is 50.2. The van der Waals surface area contributed by atoms with Crippen molar-refractivity contribution in [3.8, 4) is 0 Å². The number of hydrogen-bond acceptors (Lipinski definition) is 6. The van der Waals surface area contributed by atoms with Gasteiger partial charge in [-0.1, -0.05) is 222 Å². The number of rotatable bonds is 50. The molecule has 69 heavy (non-hydrogen) atoms. The summed E-state index contributed by atoms with van der Waals surface area (Å²) >= 11 is 0. The Morgan fingerprint density at radius 1 is 0.522 bits per heavy atom. The van der Waals surface area contributed by atoms with Crippen LogP contribution in [-0.2, 0) is 27.9 Å². The predicted molar refractivity (Wildman–Crippen MR) is 295 cm³/mol. The normalized spacial score (nSPS) is 14.4. The molecule has 0 spiro atoms. The average molecular weight is 988 g/mol. The highest BCUT2D eigenvalue weighted by Crippen LogP contribution is 2.43. The molecule has 0 aromatic rings. The number of likely N-dealkylation sites (N-methyl/N-ethyl adjacent to an activating group) is 1. The van der Waals surface area contributed by atoms with Crippen LogP contribution in [0.15, 0.2) is 72.9 Å². The number of unbranched alkanes of at least 4 members (excludes halogenated alkanes) is 24. The maximum absolute atomic E-state index is 13.5. The Balaban J connectivity index is 5.38. The van der Waals surface area contributed by atoms with E-state index in [2.05, 4.69) is 86.8 Å². The number of phosphoric ester groups is 1. The molecule has 400 valence electrons. The van der Waals surface area contributed by atoms with Gasteiger partial charge in [0.25, 0.3) is 0 Å². The van der Waals surface area contributed by atoms with Crippen LogP contribution < -0.4 is 5.32 Å². The Bertz CT molecular complexity index is 1420. The minimum absolute atomic E-state index is 0.0319. The summed E-state index contributed by atoms with van der Waals surface area (Å²) in [5.41, 5.74) is 0. The summed E-state index contributed by atoms with van der Waals surface area (Å²) in [6.45, 7) is 6.86. The molecule has 0 aliphatic heterocycles. The van der Waals surface area contributed by atoms with Crippen LogP contribution in [0.1, 0.15) is 239 Å². The number of ether oxygens (including phenoxy) is 1. The summed E-state index contributed by atoms with van der Waals surface area (Å²) in [5.74, 6) is -0.543. The van der Waals surface area contributed by atoms with E-state index in [1.807, 2.05) is 33.3 Å². The topological polar surface area (TPSA) is 111 Å². The zero-order chi connectivity index (χ0) is 50.8. The smallest absolute Gasteiger partial charge is 0.456 e. The van der Waals surface area contributed by atoms with Crippen molar-refractivity contribution in [2.45, 2.75) is 251 Å². The largest absolute Gasteiger partial charge is 0.472 e. The minimum Gasteiger partial charge on any atom is -0.456 e. The average Bonchev–Trinajstić information content (AvgIpc) is 3.31. The summed E-state index contributed by atoms with van der Waals surface area (Å²) in [7, 11) is 1.47. The van der Waals surface area contributed by atoms with Gasteiger partial charge in [-0.15, -0.1) is 0 Å². The van der Waals surface area contributed by atoms with E-state index < -0.39 is 20.0 Å². The molecule has 2 N–H and O–H groups in total. The second kappa shape index (κ2) is 49.0. The fourth-order valence-corrected chi connectivity index (χ4v) is 8.52. The van der Waals surface area contributed by atoms with Crippen molar-refractivity contribution in [1.29, 1.82) is 0 Å². The monoisotopic (exact) mass is 988 g/mol. The third-order valence-electron chi connectivity index (χ3n) is 12.2. The van der Waals surface area contributed by atoms with Crippen LogP contribution in [0.25, 0.3) is 0 Å². The number of phosphoric acid groups is 1. The molecule has 0 radical (unpaired) electrons. The van der Waals surface area contributed by atoms with Gasteiger partial charge in [0.05, 0.1) is 33.8 Å². The Morgan fingerprint density at radius 2 is 0.928 bits per heavy atom. The highest BCUT2D eigenvalue weighted by molar-refractivity contribution is 7.47. The number of nitrogens with zero attached hydrogens (tertiary/aromatic N) is 1. The van der Waals surface area contributed by atoms with Gasteiger partial charge < -0.3 is 19.4 Å². The first-order valence-electron chi connectivity index (χ1n) is 28.3. The second-order valence-corrected chi connectivity index (χ2v) is 21.5. The maximum atomic E-state index is 13.5. The van der Waals surface area contributed by atoms with Crippen molar-refractivity contribution in [3.05, 3.63) is 72.9 Å². The molecular formula is C59H108N2O7P+. The SMILES string of the molecule is CC/C=C\C/C=C\C/C=C\C/C=C\C/C=C\CCCCCC(=O)NC(COP(=O)(O)OCC[N+](C)(C)C)C(/C=C\CCCCCCCCCCC)OC(=O)CCCCCCCCCCCCCCC. The summed E-state index contributed by atoms with van der Waals surface area (Å²) in [6, 6.07) is -0.865. The van der Waals surface area contributed by atoms with Crippen molar-refractivity contribution in [3.63, 3.8) is 0 Å². The molecule has 9 nitrogen and oxygen atoms in total. The highest BCUT2D eigenvalue weighted by atomic mass is 31.2. The Labute approximate surface area is 425 Å². The van der Waals surface area contributed by atoms with E-state index in [0.29, 0.717) is 23.9 Å². The molecule has 0 heterocycles. The van der Waals surface area contributed by atoms with Crippen LogP contribution in [0.2, 0.25) is 0 Å². The van der Waals surface area contributed by atoms with Crippen LogP contribution in [-0.4, -0.2) is 74.3 Å². The van der Waals surface area contributed by atoms with E-state index in [1.165, 1.54) is 109 Å². The second-order valence-electron chi connectivity index (χ2n) is 20.1. The van der Waals surface area contributed by atoms with Gasteiger partial charge in [-0.25, -0.2) is 4.57 Å². The molecule has 0 aliphatic carbocycles. The van der Waals surface area contributed by atoms with Crippen molar-refractivity contribution in [2.75, 3.05) is 40.9 Å². The molecule has 0 aromatic heterocycles. The minimum atomic E-state index is -4.45. The number of quaternary nitrogens is 1. The van der Waals surface area contributed by atoms with Gasteiger partial charge in [0.15, 0.2) is 0 Å². The van der Waals surface area contributed by atoms with Gasteiger partial charge in [0.2, 0.25) is 5.91 Å². The Hall–Kier alpha value is -2.55. The molecule has 1 amide bonds. The fraction of sp³-hybridized carbons (Fsp3) is 0.763. The van der Waals surface area contributed by atoms with Crippen LogP contribution in [0, 0.1) is 0 Å². The lowest BCUT2D eigenvalue weighted by molar-refractivity contribution is -0.870. The number of carbonyl (C=O) groups is 2. The Morgan fingerprint density at radius 3 is 1.41 bits per heavy atom. The summed E-state index contributed by atoms with van der Waals surface area (Å²) in [6.07, 6.45) is 61.8. The molecule has 0 rings (SSSR count). The van der Waals surface area contributed by atoms with Crippen LogP contribution in [0.3, 0.4) is 0 Å². The van der Waals surface area contributed by atoms with Crippen LogP contribution in [0.4, 0.5) is 0 Å². The van der Waals surface area contributed by atoms with E-state index in [4.69, 9.17) is 13.8 Å². The highest BCUT2D eigenvalue weighted by Gasteiger charge is 2.30. The van der Waals surface area contributed by atoms with Gasteiger partial charge in [-0.2, -0.15) is 0 Å². The molecule has 10 heteroatoms. The van der Waals surface area contributed by atoms with E-state index >= 15 is 0 Å². The summed E-state index contributed by atoms with van der Waals surface area (Å²) < 4.78 is 30.5. The quantitative estimate of drug-likeness (QED) is 0.0205. The van der Waals surface area contributed by atoms with Gasteiger partial charge >= 0.3 is 13.8 Å². The summed E-state index contributed by atoms with van der Waals surface area (Å²) in [4.78, 5) is 37.5. The third-order valence-corrected chi connectivity index (χ3v) is 13.1. The lowest BCUT2D eigenvalue weighted by Gasteiger charge is -2.27. The molecule has 3 atom stereocenters. The van der Waals surface area contributed by atoms with Gasteiger partial charge in [-0.3, -0.25) is 18.6 Å². The van der Waals surface area contributed by atoms with Crippen molar-refractivity contribution in [2.24, 2.45) is 0 Å². The molecule has 0 aliphatic rings. The van der Waals surface area contributed by atoms with E-state index in [9.17, 15) is 19.0 Å². The number of carbonyl (C=O) groups excluding carboxylic acids is 2. The van der Waals surface area contributed by atoms with Crippen LogP contribution >= 0.6 is 7.82 Å². The van der Waals surface area contributed by atoms with Crippen LogP contribution in [0.5, 0.6) is 0 Å². The van der Waals surface area contributed by atoms with E-state index in [1.54, 1.807) is 0 Å². The first-order chi connectivity index (χ1) is 33.4. The molecule has 0 fully saturated rings. The number of nitrogens with one attached hydrogen (secondary N) is 1. The lowest BCUT2D eigenvalue weighted by Crippen LogP contribution is -2.47. The molecule has 0 saturated carbocycles. The first-order valence-corrected chi connectivity index (χ1v) is 29.8. The van der Waals surface area contributed by atoms with E-state index in [-0.39, 0.29) is 31.5 Å². The standard InChI is InChI=1S/C59H107N2O7P/c1-7-10-13-16-19-22-25-27-28-29-30-31-32-34-36-39-42-45-48-51-58(62)60-56(55-67-69(64,65)66-54-53-61(4,5)6)57(50-47-44-41-38-35-24-21-18-15-12-9-3)68-59(63)52-49-46-43-40-37-33-26-23-20-17-14-11-8-2/h10,13,19,22,27-28,30-31,34,36,47,50,56-57H,7-9,11-12,14-18,20-21,23-26,29,32-33,35,37-46,48-49,51-55H2,1-6H3,(H-,60,62,64,65)/p+1/b13-10-,22-19-,28-27-,31-30-,36-34-,50-47-. The van der Waals surface area contributed by atoms with Gasteiger partial charge in [0.1, 0.15) is 19.3 Å². The van der Waals surface area contributed by atoms with Gasteiger partial charge in [0, 0.05) is 12.8 Å². The first kappa shape index (κ1) is 66.5. The number of allylic oxidation sites excluding steroid dienone is 11. The van der Waals surface area contributed by atoms with Gasteiger partial charge in [-0.05, 0) is 76.7 Å². The zero-order valence-electron chi connectivity index (χ0n) is 45.5. The molecule has 3 unspecified atom stereocenters. The predicted octanol–water partition coefficient (Wildman–Crippen LogP) is 16.9. The van der Waals surface area contributed by atoms with Crippen molar-refractivity contribution < 1.29 is 37.3 Å². The summed E-state index contributed by atoms with van der Waals surface area (Å²) in [5, 5.41) is 3.03.